The number of hydrogen-bond donors (Lipinski definition) is 5. The first-order valence-electron chi connectivity index (χ1n) is 33.7. The van der Waals surface area contributed by atoms with Crippen LogP contribution in [0.4, 0.5) is 0 Å². The van der Waals surface area contributed by atoms with Gasteiger partial charge < -0.3 is 25.7 Å². The summed E-state index contributed by atoms with van der Waals surface area (Å²) in [6.07, 6.45) is 78.6. The molecule has 0 aliphatic carbocycles. The van der Waals surface area contributed by atoms with Gasteiger partial charge in [0, 0.05) is 0 Å². The van der Waals surface area contributed by atoms with Crippen LogP contribution in [0.2, 0.25) is 0 Å². The highest BCUT2D eigenvalue weighted by Gasteiger charge is 2.28. The van der Waals surface area contributed by atoms with Crippen molar-refractivity contribution >= 4 is 5.91 Å². The monoisotopic (exact) mass is 1040 g/mol. The lowest BCUT2D eigenvalue weighted by Gasteiger charge is -2.27. The number of nitrogens with one attached hydrogen (secondary N) is 1. The second-order valence-corrected chi connectivity index (χ2v) is 23.5. The van der Waals surface area contributed by atoms with Crippen molar-refractivity contribution in [2.75, 3.05) is 6.61 Å². The maximum absolute atomic E-state index is 12.6. The minimum atomic E-state index is -1.26. The Morgan fingerprint density at radius 3 is 0.851 bits per heavy atom. The third kappa shape index (κ3) is 55.5. The van der Waals surface area contributed by atoms with Crippen LogP contribution in [-0.2, 0) is 4.79 Å². The molecule has 1 amide bonds. The number of rotatable bonds is 63. The molecular formula is C68H133NO5. The van der Waals surface area contributed by atoms with Gasteiger partial charge in [-0.25, -0.2) is 0 Å². The van der Waals surface area contributed by atoms with Gasteiger partial charge in [0.05, 0.1) is 18.8 Å². The average Bonchev–Trinajstić information content (AvgIpc) is 3.41. The molecule has 4 atom stereocenters. The largest absolute Gasteiger partial charge is 0.394 e. The normalized spacial score (nSPS) is 13.6. The molecule has 0 radical (unpaired) electrons. The maximum atomic E-state index is 12.6. The zero-order valence-electron chi connectivity index (χ0n) is 50.1. The summed E-state index contributed by atoms with van der Waals surface area (Å²) in [4.78, 5) is 12.6. The molecule has 74 heavy (non-hydrogen) atoms. The number of hydrogen-bond acceptors (Lipinski definition) is 5. The van der Waals surface area contributed by atoms with Crippen LogP contribution < -0.4 is 5.32 Å². The maximum Gasteiger partial charge on any atom is 0.249 e. The Morgan fingerprint density at radius 2 is 0.581 bits per heavy atom. The van der Waals surface area contributed by atoms with Gasteiger partial charge in [0.15, 0.2) is 0 Å². The third-order valence-electron chi connectivity index (χ3n) is 16.2. The molecule has 0 aromatic heterocycles. The molecule has 0 fully saturated rings. The lowest BCUT2D eigenvalue weighted by molar-refractivity contribution is -0.132. The molecule has 0 aromatic carbocycles. The molecule has 0 aromatic rings. The van der Waals surface area contributed by atoms with Crippen LogP contribution in [0.5, 0.6) is 0 Å². The predicted molar refractivity (Wildman–Crippen MR) is 325 cm³/mol. The predicted octanol–water partition coefficient (Wildman–Crippen LogP) is 20.5. The van der Waals surface area contributed by atoms with Gasteiger partial charge in [-0.2, -0.15) is 0 Å². The van der Waals surface area contributed by atoms with Crippen LogP contribution in [-0.4, -0.2) is 57.3 Å². The van der Waals surface area contributed by atoms with Crippen LogP contribution in [0.1, 0.15) is 373 Å². The number of carbonyl (C=O) groups excluding carboxylic acids is 1. The first kappa shape index (κ1) is 72.8. The van der Waals surface area contributed by atoms with Crippen LogP contribution in [0.25, 0.3) is 0 Å². The van der Waals surface area contributed by atoms with E-state index < -0.39 is 36.9 Å². The van der Waals surface area contributed by atoms with E-state index in [1.807, 2.05) is 0 Å². The zero-order valence-corrected chi connectivity index (χ0v) is 50.1. The molecule has 0 heterocycles. The van der Waals surface area contributed by atoms with Crippen LogP contribution in [0.3, 0.4) is 0 Å². The number of aliphatic hydroxyl groups excluding tert-OH is 4. The van der Waals surface area contributed by atoms with Gasteiger partial charge in [-0.05, 0) is 44.9 Å². The fourth-order valence-corrected chi connectivity index (χ4v) is 10.9. The van der Waals surface area contributed by atoms with Crippen molar-refractivity contribution in [1.29, 1.82) is 0 Å². The summed E-state index contributed by atoms with van der Waals surface area (Å²) in [5.74, 6) is -0.577. The van der Waals surface area contributed by atoms with Crippen molar-refractivity contribution in [3.8, 4) is 0 Å². The Morgan fingerprint density at radius 1 is 0.338 bits per heavy atom. The minimum Gasteiger partial charge on any atom is -0.394 e. The molecule has 0 rings (SSSR count). The Balaban J connectivity index is 3.54. The minimum absolute atomic E-state index is 0.372. The summed E-state index contributed by atoms with van der Waals surface area (Å²) in [5, 5.41) is 44.2. The average molecular weight is 1040 g/mol. The Hall–Kier alpha value is -1.21. The molecule has 0 aliphatic rings. The van der Waals surface area contributed by atoms with E-state index in [9.17, 15) is 25.2 Å². The van der Waals surface area contributed by atoms with Crippen molar-refractivity contribution in [2.45, 2.75) is 398 Å². The van der Waals surface area contributed by atoms with Gasteiger partial charge >= 0.3 is 0 Å². The summed E-state index contributed by atoms with van der Waals surface area (Å²) in [7, 11) is 0. The second kappa shape index (κ2) is 62.6. The summed E-state index contributed by atoms with van der Waals surface area (Å²) >= 11 is 0. The zero-order chi connectivity index (χ0) is 53.7. The second-order valence-electron chi connectivity index (χ2n) is 23.5. The molecular weight excluding hydrogens is 911 g/mol. The standard InChI is InChI=1S/C68H133NO5/c1-3-5-7-9-11-13-15-17-19-21-23-25-27-28-29-30-31-32-33-34-35-36-37-38-39-40-42-44-46-48-50-52-54-56-58-60-62-66(72)68(74)69-64(63-70)67(73)65(71)61-59-57-55-53-51-49-47-45-43-41-26-24-22-20-18-16-14-12-10-8-6-4-2/h29-30,32-33,64-67,70-73H,3-28,31,34-63H2,1-2H3,(H,69,74)/b30-29-,33-32-. The van der Waals surface area contributed by atoms with Crippen LogP contribution >= 0.6 is 0 Å². The summed E-state index contributed by atoms with van der Waals surface area (Å²) < 4.78 is 0. The topological polar surface area (TPSA) is 110 Å². The van der Waals surface area contributed by atoms with E-state index in [0.29, 0.717) is 12.8 Å². The number of unbranched alkanes of at least 4 members (excludes halogenated alkanes) is 50. The van der Waals surface area contributed by atoms with Crippen molar-refractivity contribution in [2.24, 2.45) is 0 Å². The van der Waals surface area contributed by atoms with Gasteiger partial charge in [0.2, 0.25) is 5.91 Å². The molecule has 6 heteroatoms. The number of allylic oxidation sites excluding steroid dienone is 4. The van der Waals surface area contributed by atoms with Crippen molar-refractivity contribution in [3.05, 3.63) is 24.3 Å². The molecule has 0 bridgehead atoms. The fraction of sp³-hybridized carbons (Fsp3) is 0.926. The molecule has 440 valence electrons. The number of amides is 1. The van der Waals surface area contributed by atoms with Crippen molar-refractivity contribution in [1.82, 2.24) is 5.32 Å². The molecule has 5 N–H and O–H groups in total. The van der Waals surface area contributed by atoms with E-state index in [2.05, 4.69) is 43.5 Å². The van der Waals surface area contributed by atoms with E-state index in [1.165, 1.54) is 302 Å². The van der Waals surface area contributed by atoms with E-state index in [4.69, 9.17) is 0 Å². The fourth-order valence-electron chi connectivity index (χ4n) is 10.9. The van der Waals surface area contributed by atoms with Gasteiger partial charge in [-0.15, -0.1) is 0 Å². The third-order valence-corrected chi connectivity index (χ3v) is 16.2. The number of aliphatic hydroxyl groups is 4. The highest BCUT2D eigenvalue weighted by Crippen LogP contribution is 2.19. The smallest absolute Gasteiger partial charge is 0.249 e. The lowest BCUT2D eigenvalue weighted by Crippen LogP contribution is -2.53. The van der Waals surface area contributed by atoms with Gasteiger partial charge in [-0.1, -0.05) is 353 Å². The summed E-state index contributed by atoms with van der Waals surface area (Å²) in [5.41, 5.74) is 0. The quantitative estimate of drug-likeness (QED) is 0.0308. The van der Waals surface area contributed by atoms with E-state index >= 15 is 0 Å². The lowest BCUT2D eigenvalue weighted by atomic mass is 9.99. The first-order chi connectivity index (χ1) is 36.5. The van der Waals surface area contributed by atoms with Crippen LogP contribution in [0.15, 0.2) is 24.3 Å². The highest BCUT2D eigenvalue weighted by molar-refractivity contribution is 5.80. The van der Waals surface area contributed by atoms with E-state index in [-0.39, 0.29) is 0 Å². The molecule has 0 aliphatic heterocycles. The van der Waals surface area contributed by atoms with Gasteiger partial charge in [0.25, 0.3) is 0 Å². The Bertz CT molecular complexity index is 1130. The summed E-state index contributed by atoms with van der Waals surface area (Å²) in [6, 6.07) is -0.985. The van der Waals surface area contributed by atoms with E-state index in [1.54, 1.807) is 0 Å². The molecule has 0 spiro atoms. The Kier molecular flexibility index (Phi) is 61.6. The Labute approximate surface area is 463 Å². The summed E-state index contributed by atoms with van der Waals surface area (Å²) in [6.45, 7) is 4.11. The molecule has 0 saturated carbocycles. The van der Waals surface area contributed by atoms with E-state index in [0.717, 1.165) is 44.9 Å². The van der Waals surface area contributed by atoms with Crippen molar-refractivity contribution in [3.63, 3.8) is 0 Å². The van der Waals surface area contributed by atoms with Crippen molar-refractivity contribution < 1.29 is 25.2 Å². The molecule has 0 saturated heterocycles. The highest BCUT2D eigenvalue weighted by atomic mass is 16.3. The molecule has 6 nitrogen and oxygen atoms in total. The molecule has 4 unspecified atom stereocenters. The SMILES string of the molecule is CCCCCCCCCCCCCCC/C=C\C/C=C\CCCCCCCCCCCCCCCCCCC(O)C(=O)NC(CO)C(O)C(O)CCCCCCCCCCCCCCCCCCCCCCCC. The van der Waals surface area contributed by atoms with Gasteiger partial charge in [0.1, 0.15) is 12.2 Å². The number of carbonyl (C=O) groups is 1. The van der Waals surface area contributed by atoms with Gasteiger partial charge in [-0.3, -0.25) is 4.79 Å². The van der Waals surface area contributed by atoms with Crippen LogP contribution in [0, 0.1) is 0 Å². The first-order valence-corrected chi connectivity index (χ1v) is 33.7.